The van der Waals surface area contributed by atoms with Gasteiger partial charge in [-0.1, -0.05) is 0 Å². The first-order valence-electron chi connectivity index (χ1n) is 4.76. The molecule has 0 fully saturated rings. The van der Waals surface area contributed by atoms with Crippen LogP contribution in [0.25, 0.3) is 0 Å². The Morgan fingerprint density at radius 1 is 0.647 bits per heavy atom. The van der Waals surface area contributed by atoms with Gasteiger partial charge in [-0.3, -0.25) is 0 Å². The Kier molecular flexibility index (Phi) is 5.22. The van der Waals surface area contributed by atoms with Crippen LogP contribution in [0.4, 0.5) is 8.78 Å². The van der Waals surface area contributed by atoms with Crippen molar-refractivity contribution in [3.05, 3.63) is 60.2 Å². The Hall–Kier alpha value is -0.161. The maximum atomic E-state index is 12.7. The molecule has 88 valence electrons. The first-order chi connectivity index (χ1) is 8.24. The Morgan fingerprint density at radius 3 is 1.35 bits per heavy atom. The van der Waals surface area contributed by atoms with Gasteiger partial charge in [0.15, 0.2) is 0 Å². The summed E-state index contributed by atoms with van der Waals surface area (Å²) in [6, 6.07) is 12.8. The van der Waals surface area contributed by atoms with Gasteiger partial charge in [-0.15, -0.1) is 0 Å². The Bertz CT molecular complexity index is 425. The molecule has 0 amide bonds. The van der Waals surface area contributed by atoms with Crippen LogP contribution in [0.15, 0.2) is 48.5 Å². The van der Waals surface area contributed by atoms with Crippen molar-refractivity contribution >= 4 is 49.9 Å². The molecule has 0 radical (unpaired) electrons. The van der Waals surface area contributed by atoms with Gasteiger partial charge in [0.25, 0.3) is 0 Å². The second kappa shape index (κ2) is 6.69. The Balaban J connectivity index is 1.83. The molecule has 1 nitrogen and oxygen atoms in total. The normalized spacial score (nSPS) is 10.5. The van der Waals surface area contributed by atoms with E-state index >= 15 is 0 Å². The van der Waals surface area contributed by atoms with Crippen molar-refractivity contribution in [1.29, 1.82) is 0 Å². The van der Waals surface area contributed by atoms with E-state index in [9.17, 15) is 8.78 Å². The molecule has 5 heteroatoms. The van der Waals surface area contributed by atoms with Crippen molar-refractivity contribution < 1.29 is 10.2 Å². The number of rotatable bonds is 4. The molecule has 2 aromatic carbocycles. The van der Waals surface area contributed by atoms with Gasteiger partial charge in [0.05, 0.1) is 0 Å². The van der Waals surface area contributed by atoms with Crippen LogP contribution in [0.3, 0.4) is 0 Å². The zero-order valence-electron chi connectivity index (χ0n) is 8.60. The van der Waals surface area contributed by atoms with Crippen molar-refractivity contribution in [3.63, 3.8) is 0 Å². The fourth-order valence-electron chi connectivity index (χ4n) is 1.08. The van der Waals surface area contributed by atoms with Crippen LogP contribution in [0.2, 0.25) is 0 Å². The van der Waals surface area contributed by atoms with Crippen LogP contribution in [0, 0.1) is 11.6 Å². The van der Waals surface area contributed by atoms with E-state index < -0.39 is 42.7 Å². The van der Waals surface area contributed by atoms with Gasteiger partial charge < -0.3 is 0 Å². The monoisotopic (exact) mass is 466 g/mol. The SMILES string of the molecule is Fc1ccc([Te]O[Te]c2ccc(F)cc2)cc1. The molecule has 0 spiro atoms. The molecule has 0 aliphatic rings. The van der Waals surface area contributed by atoms with Gasteiger partial charge in [-0.25, -0.2) is 0 Å². The average molecular weight is 461 g/mol. The molecular formula is C12H8F2OTe2. The topological polar surface area (TPSA) is 9.23 Å². The standard InChI is InChI=1S/C12H8F2OTe2/c13-9-1-5-11(6-2-9)16-15-17-12-7-3-10(14)4-8-12/h1-8H. The fraction of sp³-hybridized carbons (Fsp3) is 0. The number of benzene rings is 2. The van der Waals surface area contributed by atoms with E-state index in [0.717, 1.165) is 7.22 Å². The molecule has 2 rings (SSSR count). The second-order valence-electron chi connectivity index (χ2n) is 3.14. The van der Waals surface area contributed by atoms with E-state index in [-0.39, 0.29) is 11.6 Å². The van der Waals surface area contributed by atoms with Crippen molar-refractivity contribution in [2.45, 2.75) is 0 Å². The Labute approximate surface area is 119 Å². The molecule has 0 atom stereocenters. The minimum atomic E-state index is -0.703. The van der Waals surface area contributed by atoms with Crippen molar-refractivity contribution in [1.82, 2.24) is 0 Å². The Morgan fingerprint density at radius 2 is 1.00 bits per heavy atom. The van der Waals surface area contributed by atoms with Crippen molar-refractivity contribution in [2.24, 2.45) is 0 Å². The van der Waals surface area contributed by atoms with Gasteiger partial charge in [-0.05, 0) is 0 Å². The van der Waals surface area contributed by atoms with Crippen LogP contribution >= 0.6 is 0 Å². The summed E-state index contributed by atoms with van der Waals surface area (Å²) < 4.78 is 33.2. The summed E-state index contributed by atoms with van der Waals surface area (Å²) in [5, 5.41) is 0. The van der Waals surface area contributed by atoms with Crippen LogP contribution in [0.5, 0.6) is 0 Å². The third kappa shape index (κ3) is 4.54. The van der Waals surface area contributed by atoms with Crippen molar-refractivity contribution in [3.8, 4) is 0 Å². The van der Waals surface area contributed by atoms with Gasteiger partial charge in [0, 0.05) is 0 Å². The molecule has 17 heavy (non-hydrogen) atoms. The van der Waals surface area contributed by atoms with Crippen molar-refractivity contribution in [2.75, 3.05) is 0 Å². The zero-order valence-corrected chi connectivity index (χ0v) is 13.3. The van der Waals surface area contributed by atoms with E-state index in [0.29, 0.717) is 0 Å². The summed E-state index contributed by atoms with van der Waals surface area (Å²) in [6.45, 7) is 0. The average Bonchev–Trinajstić information content (AvgIpc) is 2.34. The summed E-state index contributed by atoms with van der Waals surface area (Å²) in [5.41, 5.74) is 0. The molecular weight excluding hydrogens is 453 g/mol. The van der Waals surface area contributed by atoms with Crippen LogP contribution in [-0.4, -0.2) is 42.7 Å². The van der Waals surface area contributed by atoms with E-state index in [1.165, 1.54) is 24.3 Å². The minimum absolute atomic E-state index is 0.226. The van der Waals surface area contributed by atoms with Gasteiger partial charge in [-0.2, -0.15) is 0 Å². The molecule has 0 saturated heterocycles. The predicted molar refractivity (Wildman–Crippen MR) is 64.7 cm³/mol. The van der Waals surface area contributed by atoms with Gasteiger partial charge in [0.2, 0.25) is 0 Å². The predicted octanol–water partition coefficient (Wildman–Crippen LogP) is 1.17. The first-order valence-corrected chi connectivity index (χ1v) is 9.00. The first kappa shape index (κ1) is 13.3. The third-order valence-electron chi connectivity index (χ3n) is 1.89. The van der Waals surface area contributed by atoms with Crippen LogP contribution in [0.1, 0.15) is 0 Å². The number of halogens is 2. The maximum absolute atomic E-state index is 12.7. The molecule has 0 unspecified atom stereocenters. The molecule has 0 heterocycles. The summed E-state index contributed by atoms with van der Waals surface area (Å²) in [6.07, 6.45) is 0. The molecule has 0 aliphatic heterocycles. The summed E-state index contributed by atoms with van der Waals surface area (Å²) in [4.78, 5) is 0. The number of hydrogen-bond donors (Lipinski definition) is 0. The second-order valence-corrected chi connectivity index (χ2v) is 9.78. The fourth-order valence-corrected chi connectivity index (χ4v) is 6.69. The molecule has 0 aromatic heterocycles. The summed E-state index contributed by atoms with van der Waals surface area (Å²) >= 11 is -1.41. The summed E-state index contributed by atoms with van der Waals surface area (Å²) in [5.74, 6) is -0.451. The van der Waals surface area contributed by atoms with Gasteiger partial charge >= 0.3 is 120 Å². The van der Waals surface area contributed by atoms with Crippen LogP contribution in [-0.2, 0) is 1.47 Å². The van der Waals surface area contributed by atoms with Crippen LogP contribution < -0.4 is 7.22 Å². The summed E-state index contributed by atoms with van der Waals surface area (Å²) in [7, 11) is 0. The molecule has 0 bridgehead atoms. The van der Waals surface area contributed by atoms with Gasteiger partial charge in [0.1, 0.15) is 0 Å². The zero-order chi connectivity index (χ0) is 12.1. The third-order valence-corrected chi connectivity index (χ3v) is 7.53. The molecule has 2 aromatic rings. The van der Waals surface area contributed by atoms with E-state index in [4.69, 9.17) is 1.47 Å². The quantitative estimate of drug-likeness (QED) is 0.622. The van der Waals surface area contributed by atoms with E-state index in [1.54, 1.807) is 24.3 Å². The van der Waals surface area contributed by atoms with E-state index in [1.807, 2.05) is 0 Å². The van der Waals surface area contributed by atoms with E-state index in [2.05, 4.69) is 0 Å². The molecule has 0 aliphatic carbocycles. The number of hydrogen-bond acceptors (Lipinski definition) is 1. The molecule has 0 saturated carbocycles. The molecule has 0 N–H and O–H groups in total.